The van der Waals surface area contributed by atoms with E-state index >= 15 is 0 Å². The first kappa shape index (κ1) is 17.5. The fourth-order valence-corrected chi connectivity index (χ4v) is 2.18. The molecule has 2 aromatic rings. The van der Waals surface area contributed by atoms with Gasteiger partial charge in [-0.25, -0.2) is 4.79 Å². The van der Waals surface area contributed by atoms with Gasteiger partial charge in [-0.15, -0.1) is 0 Å². The Bertz CT molecular complexity index is 755. The first-order chi connectivity index (χ1) is 11.4. The van der Waals surface area contributed by atoms with Crippen molar-refractivity contribution in [2.24, 2.45) is 0 Å². The van der Waals surface area contributed by atoms with Gasteiger partial charge in [0.2, 0.25) is 0 Å². The van der Waals surface area contributed by atoms with E-state index in [0.29, 0.717) is 17.0 Å². The first-order valence-electron chi connectivity index (χ1n) is 7.64. The SMILES string of the molecule is COC(=O)c1cccc(NC(=O)[C@H](C)Oc2cccc(C)c2C)c1. The fraction of sp³-hybridized carbons (Fsp3) is 0.263. The van der Waals surface area contributed by atoms with Crippen LogP contribution >= 0.6 is 0 Å². The Morgan fingerprint density at radius 2 is 1.79 bits per heavy atom. The first-order valence-corrected chi connectivity index (χ1v) is 7.64. The molecule has 2 aromatic carbocycles. The van der Waals surface area contributed by atoms with Crippen molar-refractivity contribution < 1.29 is 19.1 Å². The molecule has 0 aliphatic rings. The van der Waals surface area contributed by atoms with Gasteiger partial charge in [0.05, 0.1) is 12.7 Å². The number of anilines is 1. The van der Waals surface area contributed by atoms with Crippen molar-refractivity contribution >= 4 is 17.6 Å². The topological polar surface area (TPSA) is 64.6 Å². The number of rotatable bonds is 5. The predicted molar refractivity (Wildman–Crippen MR) is 92.4 cm³/mol. The Morgan fingerprint density at radius 3 is 2.50 bits per heavy atom. The van der Waals surface area contributed by atoms with Crippen LogP contribution in [0.15, 0.2) is 42.5 Å². The Labute approximate surface area is 141 Å². The number of nitrogens with one attached hydrogen (secondary N) is 1. The summed E-state index contributed by atoms with van der Waals surface area (Å²) >= 11 is 0. The van der Waals surface area contributed by atoms with E-state index in [-0.39, 0.29) is 5.91 Å². The van der Waals surface area contributed by atoms with Gasteiger partial charge in [0.1, 0.15) is 5.75 Å². The van der Waals surface area contributed by atoms with Crippen LogP contribution < -0.4 is 10.1 Å². The summed E-state index contributed by atoms with van der Waals surface area (Å²) in [5.41, 5.74) is 2.99. The lowest BCUT2D eigenvalue weighted by Gasteiger charge is -2.17. The molecule has 5 heteroatoms. The maximum Gasteiger partial charge on any atom is 0.337 e. The number of hydrogen-bond acceptors (Lipinski definition) is 4. The summed E-state index contributed by atoms with van der Waals surface area (Å²) in [4.78, 5) is 23.8. The Kier molecular flexibility index (Phi) is 5.58. The second-order valence-corrected chi connectivity index (χ2v) is 5.52. The van der Waals surface area contributed by atoms with E-state index < -0.39 is 12.1 Å². The quantitative estimate of drug-likeness (QED) is 0.854. The van der Waals surface area contributed by atoms with Crippen LogP contribution in [0.5, 0.6) is 5.75 Å². The number of aryl methyl sites for hydroxylation is 1. The number of benzene rings is 2. The largest absolute Gasteiger partial charge is 0.481 e. The van der Waals surface area contributed by atoms with Crippen LogP contribution in [0.1, 0.15) is 28.4 Å². The van der Waals surface area contributed by atoms with Crippen molar-refractivity contribution in [2.75, 3.05) is 12.4 Å². The lowest BCUT2D eigenvalue weighted by atomic mass is 10.1. The monoisotopic (exact) mass is 327 g/mol. The van der Waals surface area contributed by atoms with E-state index in [1.807, 2.05) is 32.0 Å². The van der Waals surface area contributed by atoms with Crippen molar-refractivity contribution in [1.82, 2.24) is 0 Å². The molecule has 1 N–H and O–H groups in total. The summed E-state index contributed by atoms with van der Waals surface area (Å²) in [5, 5.41) is 2.74. The van der Waals surface area contributed by atoms with E-state index in [4.69, 9.17) is 4.74 Å². The number of carbonyl (C=O) groups excluding carboxylic acids is 2. The molecule has 0 aliphatic heterocycles. The highest BCUT2D eigenvalue weighted by Crippen LogP contribution is 2.22. The van der Waals surface area contributed by atoms with Crippen LogP contribution in [0.3, 0.4) is 0 Å². The minimum absolute atomic E-state index is 0.294. The van der Waals surface area contributed by atoms with Gasteiger partial charge >= 0.3 is 5.97 Å². The highest BCUT2D eigenvalue weighted by atomic mass is 16.5. The van der Waals surface area contributed by atoms with E-state index in [1.165, 1.54) is 7.11 Å². The van der Waals surface area contributed by atoms with Crippen LogP contribution in [-0.4, -0.2) is 25.1 Å². The second kappa shape index (κ2) is 7.64. The zero-order valence-corrected chi connectivity index (χ0v) is 14.3. The van der Waals surface area contributed by atoms with E-state index in [2.05, 4.69) is 10.1 Å². The van der Waals surface area contributed by atoms with Gasteiger partial charge in [0, 0.05) is 5.69 Å². The third-order valence-corrected chi connectivity index (χ3v) is 3.78. The van der Waals surface area contributed by atoms with Gasteiger partial charge in [0.25, 0.3) is 5.91 Å². The average molecular weight is 327 g/mol. The summed E-state index contributed by atoms with van der Waals surface area (Å²) < 4.78 is 10.4. The molecular formula is C19H21NO4. The number of hydrogen-bond donors (Lipinski definition) is 1. The zero-order chi connectivity index (χ0) is 17.7. The fourth-order valence-electron chi connectivity index (χ4n) is 2.18. The molecule has 5 nitrogen and oxygen atoms in total. The third-order valence-electron chi connectivity index (χ3n) is 3.78. The molecule has 1 amide bonds. The van der Waals surface area contributed by atoms with Gasteiger partial charge in [-0.05, 0) is 56.2 Å². The molecule has 0 radical (unpaired) electrons. The molecule has 0 saturated heterocycles. The second-order valence-electron chi connectivity index (χ2n) is 5.52. The maximum atomic E-state index is 12.3. The number of ether oxygens (including phenoxy) is 2. The number of carbonyl (C=O) groups is 2. The molecular weight excluding hydrogens is 306 g/mol. The van der Waals surface area contributed by atoms with Crippen LogP contribution in [-0.2, 0) is 9.53 Å². The molecule has 0 aliphatic carbocycles. The van der Waals surface area contributed by atoms with Crippen LogP contribution in [0.25, 0.3) is 0 Å². The van der Waals surface area contributed by atoms with E-state index in [9.17, 15) is 9.59 Å². The minimum Gasteiger partial charge on any atom is -0.481 e. The molecule has 0 saturated carbocycles. The third kappa shape index (κ3) is 4.13. The molecule has 0 bridgehead atoms. The lowest BCUT2D eigenvalue weighted by Crippen LogP contribution is -2.30. The molecule has 0 heterocycles. The Morgan fingerprint density at radius 1 is 1.08 bits per heavy atom. The average Bonchev–Trinajstić information content (AvgIpc) is 2.58. The number of esters is 1. The van der Waals surface area contributed by atoms with Crippen molar-refractivity contribution in [2.45, 2.75) is 26.9 Å². The number of methoxy groups -OCH3 is 1. The summed E-state index contributed by atoms with van der Waals surface area (Å²) in [6.45, 7) is 5.63. The van der Waals surface area contributed by atoms with Crippen LogP contribution in [0.4, 0.5) is 5.69 Å². The smallest absolute Gasteiger partial charge is 0.337 e. The summed E-state index contributed by atoms with van der Waals surface area (Å²) in [5.74, 6) is -0.0651. The predicted octanol–water partition coefficient (Wildman–Crippen LogP) is 3.50. The van der Waals surface area contributed by atoms with Gasteiger partial charge in [0.15, 0.2) is 6.10 Å². The molecule has 2 rings (SSSR count). The van der Waals surface area contributed by atoms with Gasteiger partial charge in [-0.3, -0.25) is 4.79 Å². The molecule has 0 aromatic heterocycles. The summed E-state index contributed by atoms with van der Waals surface area (Å²) in [6.07, 6.45) is -0.674. The van der Waals surface area contributed by atoms with Gasteiger partial charge in [-0.2, -0.15) is 0 Å². The van der Waals surface area contributed by atoms with Crippen molar-refractivity contribution in [3.05, 3.63) is 59.2 Å². The van der Waals surface area contributed by atoms with E-state index in [1.54, 1.807) is 31.2 Å². The van der Waals surface area contributed by atoms with Gasteiger partial charge < -0.3 is 14.8 Å². The normalized spacial score (nSPS) is 11.5. The Balaban J connectivity index is 2.06. The zero-order valence-electron chi connectivity index (χ0n) is 14.3. The number of amides is 1. The summed E-state index contributed by atoms with van der Waals surface area (Å²) in [6, 6.07) is 12.3. The van der Waals surface area contributed by atoms with Crippen LogP contribution in [0.2, 0.25) is 0 Å². The minimum atomic E-state index is -0.674. The van der Waals surface area contributed by atoms with Crippen molar-refractivity contribution in [1.29, 1.82) is 0 Å². The molecule has 0 fully saturated rings. The molecule has 0 spiro atoms. The highest BCUT2D eigenvalue weighted by Gasteiger charge is 2.17. The molecule has 126 valence electrons. The maximum absolute atomic E-state index is 12.3. The molecule has 0 unspecified atom stereocenters. The molecule has 24 heavy (non-hydrogen) atoms. The van der Waals surface area contributed by atoms with E-state index in [0.717, 1.165) is 11.1 Å². The highest BCUT2D eigenvalue weighted by molar-refractivity contribution is 5.96. The Hall–Kier alpha value is -2.82. The van der Waals surface area contributed by atoms with Crippen LogP contribution in [0, 0.1) is 13.8 Å². The summed E-state index contributed by atoms with van der Waals surface area (Å²) in [7, 11) is 1.31. The van der Waals surface area contributed by atoms with Gasteiger partial charge in [-0.1, -0.05) is 18.2 Å². The van der Waals surface area contributed by atoms with Crippen molar-refractivity contribution in [3.8, 4) is 5.75 Å². The lowest BCUT2D eigenvalue weighted by molar-refractivity contribution is -0.122. The standard InChI is InChI=1S/C19H21NO4/c1-12-7-5-10-17(13(12)2)24-14(3)18(21)20-16-9-6-8-15(11-16)19(22)23-4/h5-11,14H,1-4H3,(H,20,21)/t14-/m0/s1. The van der Waals surface area contributed by atoms with Crippen molar-refractivity contribution in [3.63, 3.8) is 0 Å². The molecule has 1 atom stereocenters.